The lowest BCUT2D eigenvalue weighted by Crippen LogP contribution is -2.06. The highest BCUT2D eigenvalue weighted by molar-refractivity contribution is 5.89. The summed E-state index contributed by atoms with van der Waals surface area (Å²) in [7, 11) is 3.28. The van der Waals surface area contributed by atoms with Gasteiger partial charge in [-0.15, -0.1) is 0 Å². The Balaban J connectivity index is 1.75. The number of pyridine rings is 1. The fourth-order valence-corrected chi connectivity index (χ4v) is 3.41. The van der Waals surface area contributed by atoms with E-state index < -0.39 is 0 Å². The zero-order valence-corrected chi connectivity index (χ0v) is 18.4. The molecule has 0 radical (unpaired) electrons. The Morgan fingerprint density at radius 1 is 1.03 bits per heavy atom. The fourth-order valence-electron chi connectivity index (χ4n) is 3.41. The first kappa shape index (κ1) is 20.7. The quantitative estimate of drug-likeness (QED) is 0.433. The number of benzene rings is 2. The highest BCUT2D eigenvalue weighted by atomic mass is 16.5. The van der Waals surface area contributed by atoms with Crippen molar-refractivity contribution >= 4 is 16.7 Å². The molecule has 4 aromatic rings. The summed E-state index contributed by atoms with van der Waals surface area (Å²) in [5.74, 6) is 3.44. The molecule has 7 nitrogen and oxygen atoms in total. The summed E-state index contributed by atoms with van der Waals surface area (Å²) in [6, 6.07) is 13.9. The van der Waals surface area contributed by atoms with Crippen molar-refractivity contribution in [3.05, 3.63) is 59.5 Å². The van der Waals surface area contributed by atoms with Crippen molar-refractivity contribution in [2.24, 2.45) is 0 Å². The average molecular weight is 418 g/mol. The number of hydrogen-bond acceptors (Lipinski definition) is 7. The molecule has 0 unspecified atom stereocenters. The van der Waals surface area contributed by atoms with Crippen LogP contribution in [0.15, 0.2) is 47.0 Å². The van der Waals surface area contributed by atoms with E-state index in [4.69, 9.17) is 19.0 Å². The van der Waals surface area contributed by atoms with Gasteiger partial charge >= 0.3 is 0 Å². The minimum atomic E-state index is 0.150. The zero-order valence-electron chi connectivity index (χ0n) is 18.4. The summed E-state index contributed by atoms with van der Waals surface area (Å²) in [6.45, 7) is 6.61. The van der Waals surface area contributed by atoms with Crippen molar-refractivity contribution < 1.29 is 14.0 Å². The first-order chi connectivity index (χ1) is 15.0. The molecular formula is C24H26N4O3. The van der Waals surface area contributed by atoms with Crippen molar-refractivity contribution in [1.82, 2.24) is 15.1 Å². The lowest BCUT2D eigenvalue weighted by molar-refractivity contribution is 0.365. The molecule has 2 aromatic carbocycles. The van der Waals surface area contributed by atoms with Gasteiger partial charge in [0.1, 0.15) is 17.3 Å². The number of anilines is 1. The van der Waals surface area contributed by atoms with Gasteiger partial charge in [0, 0.05) is 29.5 Å². The molecule has 0 amide bonds. The van der Waals surface area contributed by atoms with E-state index >= 15 is 0 Å². The van der Waals surface area contributed by atoms with Crippen molar-refractivity contribution in [2.75, 3.05) is 19.5 Å². The molecule has 0 atom stereocenters. The third-order valence-electron chi connectivity index (χ3n) is 5.16. The van der Waals surface area contributed by atoms with E-state index in [1.807, 2.05) is 44.2 Å². The van der Waals surface area contributed by atoms with Crippen LogP contribution in [0.4, 0.5) is 5.82 Å². The monoisotopic (exact) mass is 418 g/mol. The smallest absolute Gasteiger partial charge is 0.229 e. The third-order valence-corrected chi connectivity index (χ3v) is 5.16. The largest absolute Gasteiger partial charge is 0.497 e. The number of para-hydroxylation sites is 1. The van der Waals surface area contributed by atoms with Crippen LogP contribution >= 0.6 is 0 Å². The van der Waals surface area contributed by atoms with Crippen LogP contribution in [-0.4, -0.2) is 29.3 Å². The van der Waals surface area contributed by atoms with Gasteiger partial charge in [-0.1, -0.05) is 37.2 Å². The number of fused-ring (bicyclic) bond motifs is 1. The number of ether oxygens (including phenoxy) is 2. The van der Waals surface area contributed by atoms with Crippen molar-refractivity contribution in [3.8, 4) is 22.9 Å². The van der Waals surface area contributed by atoms with Crippen LogP contribution in [0.2, 0.25) is 0 Å². The molecule has 0 saturated heterocycles. The van der Waals surface area contributed by atoms with Gasteiger partial charge in [0.25, 0.3) is 0 Å². The summed E-state index contributed by atoms with van der Waals surface area (Å²) in [4.78, 5) is 9.49. The van der Waals surface area contributed by atoms with Crippen LogP contribution < -0.4 is 14.8 Å². The fraction of sp³-hybridized carbons (Fsp3) is 0.292. The number of hydrogen-bond donors (Lipinski definition) is 1. The van der Waals surface area contributed by atoms with Gasteiger partial charge in [-0.2, -0.15) is 4.98 Å². The highest BCUT2D eigenvalue weighted by Crippen LogP contribution is 2.32. The maximum Gasteiger partial charge on any atom is 0.229 e. The van der Waals surface area contributed by atoms with E-state index in [-0.39, 0.29) is 5.92 Å². The lowest BCUT2D eigenvalue weighted by atomic mass is 10.1. The molecule has 0 spiro atoms. The average Bonchev–Trinajstić information content (AvgIpc) is 3.28. The molecule has 0 fully saturated rings. The Bertz CT molecular complexity index is 1220. The Kier molecular flexibility index (Phi) is 5.75. The second-order valence-electron chi connectivity index (χ2n) is 7.67. The number of aromatic nitrogens is 3. The first-order valence-corrected chi connectivity index (χ1v) is 10.2. The molecule has 31 heavy (non-hydrogen) atoms. The number of methoxy groups -OCH3 is 2. The van der Waals surface area contributed by atoms with Gasteiger partial charge in [-0.25, -0.2) is 4.98 Å². The Morgan fingerprint density at radius 3 is 2.58 bits per heavy atom. The van der Waals surface area contributed by atoms with Crippen molar-refractivity contribution in [1.29, 1.82) is 0 Å². The molecule has 2 heterocycles. The Morgan fingerprint density at radius 2 is 1.87 bits per heavy atom. The van der Waals surface area contributed by atoms with Crippen LogP contribution in [0.5, 0.6) is 11.5 Å². The molecule has 0 bridgehead atoms. The second-order valence-corrected chi connectivity index (χ2v) is 7.67. The van der Waals surface area contributed by atoms with Crippen LogP contribution in [0.1, 0.15) is 36.8 Å². The number of nitrogens with one attached hydrogen (secondary N) is 1. The van der Waals surface area contributed by atoms with Gasteiger partial charge in [0.2, 0.25) is 11.7 Å². The summed E-state index contributed by atoms with van der Waals surface area (Å²) in [6.07, 6.45) is 0. The van der Waals surface area contributed by atoms with E-state index in [0.717, 1.165) is 39.1 Å². The van der Waals surface area contributed by atoms with Crippen LogP contribution in [0, 0.1) is 6.92 Å². The zero-order chi connectivity index (χ0) is 22.0. The summed E-state index contributed by atoms with van der Waals surface area (Å²) < 4.78 is 16.3. The molecule has 0 aliphatic carbocycles. The second kappa shape index (κ2) is 8.63. The molecule has 2 aromatic heterocycles. The summed E-state index contributed by atoms with van der Waals surface area (Å²) >= 11 is 0. The predicted molar refractivity (Wildman–Crippen MR) is 121 cm³/mol. The molecule has 0 aliphatic heterocycles. The summed E-state index contributed by atoms with van der Waals surface area (Å²) in [5.41, 5.74) is 3.81. The topological polar surface area (TPSA) is 82.3 Å². The van der Waals surface area contributed by atoms with Crippen LogP contribution in [0.25, 0.3) is 22.3 Å². The standard InChI is InChI=1S/C24H26N4O3/c1-14(2)24-27-23(28-31-24)19-11-16-8-6-7-15(3)21(16)26-22(19)25-13-17-9-10-18(29-4)12-20(17)30-5/h6-12,14H,13H2,1-5H3,(H,25,26). The number of nitrogens with zero attached hydrogens (tertiary/aromatic N) is 3. The first-order valence-electron chi connectivity index (χ1n) is 10.2. The van der Waals surface area contributed by atoms with Crippen LogP contribution in [0.3, 0.4) is 0 Å². The maximum absolute atomic E-state index is 5.53. The third kappa shape index (κ3) is 4.17. The normalized spacial score (nSPS) is 11.2. The van der Waals surface area contributed by atoms with Gasteiger partial charge in [-0.3, -0.25) is 0 Å². The molecule has 7 heteroatoms. The maximum atomic E-state index is 5.53. The van der Waals surface area contributed by atoms with E-state index in [9.17, 15) is 0 Å². The Labute approximate surface area is 181 Å². The minimum absolute atomic E-state index is 0.150. The number of aryl methyl sites for hydroxylation is 1. The lowest BCUT2D eigenvalue weighted by Gasteiger charge is -2.14. The predicted octanol–water partition coefficient (Wildman–Crippen LogP) is 5.35. The van der Waals surface area contributed by atoms with E-state index in [2.05, 4.69) is 34.5 Å². The molecule has 1 N–H and O–H groups in total. The molecule has 4 rings (SSSR count). The van der Waals surface area contributed by atoms with Gasteiger partial charge in [0.05, 0.1) is 25.3 Å². The minimum Gasteiger partial charge on any atom is -0.497 e. The van der Waals surface area contributed by atoms with Crippen LogP contribution in [-0.2, 0) is 6.54 Å². The van der Waals surface area contributed by atoms with Gasteiger partial charge < -0.3 is 19.3 Å². The van der Waals surface area contributed by atoms with E-state index in [1.54, 1.807) is 14.2 Å². The highest BCUT2D eigenvalue weighted by Gasteiger charge is 2.18. The van der Waals surface area contributed by atoms with Gasteiger partial charge in [0.15, 0.2) is 0 Å². The SMILES string of the molecule is COc1ccc(CNc2nc3c(C)cccc3cc2-c2noc(C(C)C)n2)c(OC)c1. The molecule has 0 saturated carbocycles. The Hall–Kier alpha value is -3.61. The number of rotatable bonds is 7. The molecule has 0 aliphatic rings. The van der Waals surface area contributed by atoms with Crippen molar-refractivity contribution in [2.45, 2.75) is 33.2 Å². The molecule has 160 valence electrons. The van der Waals surface area contributed by atoms with Crippen molar-refractivity contribution in [3.63, 3.8) is 0 Å². The summed E-state index contributed by atoms with van der Waals surface area (Å²) in [5, 5.41) is 8.67. The van der Waals surface area contributed by atoms with E-state index in [0.29, 0.717) is 24.1 Å². The van der Waals surface area contributed by atoms with E-state index in [1.165, 1.54) is 0 Å². The van der Waals surface area contributed by atoms with Gasteiger partial charge in [-0.05, 0) is 30.7 Å². The molecular weight excluding hydrogens is 392 g/mol.